The molecule has 2 aliphatic rings. The number of ether oxygens (including phenoxy) is 2. The summed E-state index contributed by atoms with van der Waals surface area (Å²) >= 11 is 0. The van der Waals surface area contributed by atoms with Crippen LogP contribution in [0.15, 0.2) is 24.3 Å². The summed E-state index contributed by atoms with van der Waals surface area (Å²) in [5, 5.41) is 0. The fourth-order valence-corrected chi connectivity index (χ4v) is 3.00. The molecule has 0 atom stereocenters. The van der Waals surface area contributed by atoms with Crippen LogP contribution in [0.5, 0.6) is 11.5 Å². The number of aromatic nitrogens is 2. The summed E-state index contributed by atoms with van der Waals surface area (Å²) in [6.07, 6.45) is 3.41. The van der Waals surface area contributed by atoms with Crippen LogP contribution in [0.25, 0.3) is 11.3 Å². The first-order chi connectivity index (χ1) is 11.7. The van der Waals surface area contributed by atoms with Gasteiger partial charge in [0, 0.05) is 18.7 Å². The van der Waals surface area contributed by atoms with E-state index in [1.54, 1.807) is 6.07 Å². The van der Waals surface area contributed by atoms with Crippen molar-refractivity contribution in [3.8, 4) is 22.8 Å². The Morgan fingerprint density at radius 1 is 1.04 bits per heavy atom. The zero-order chi connectivity index (χ0) is 16.5. The van der Waals surface area contributed by atoms with E-state index < -0.39 is 5.91 Å². The monoisotopic (exact) mass is 326 g/mol. The smallest absolute Gasteiger partial charge is 0.267 e. The second kappa shape index (κ2) is 5.99. The number of hydrogen-bond acceptors (Lipinski definition) is 6. The van der Waals surface area contributed by atoms with Gasteiger partial charge in [0.1, 0.15) is 5.69 Å². The molecule has 0 radical (unpaired) electrons. The van der Waals surface area contributed by atoms with E-state index in [9.17, 15) is 4.79 Å². The van der Waals surface area contributed by atoms with E-state index in [0.717, 1.165) is 31.5 Å². The largest absolute Gasteiger partial charge is 0.454 e. The van der Waals surface area contributed by atoms with Crippen LogP contribution >= 0.6 is 0 Å². The molecule has 7 heteroatoms. The van der Waals surface area contributed by atoms with Crippen molar-refractivity contribution in [2.75, 3.05) is 24.8 Å². The average Bonchev–Trinajstić information content (AvgIpc) is 3.09. The molecule has 0 spiro atoms. The van der Waals surface area contributed by atoms with Gasteiger partial charge in [-0.1, -0.05) is 0 Å². The van der Waals surface area contributed by atoms with E-state index >= 15 is 0 Å². The zero-order valence-corrected chi connectivity index (χ0v) is 13.2. The van der Waals surface area contributed by atoms with Gasteiger partial charge in [-0.05, 0) is 43.5 Å². The van der Waals surface area contributed by atoms with E-state index in [0.29, 0.717) is 23.1 Å². The summed E-state index contributed by atoms with van der Waals surface area (Å²) in [4.78, 5) is 22.8. The van der Waals surface area contributed by atoms with Crippen LogP contribution in [0.3, 0.4) is 0 Å². The number of fused-ring (bicyclic) bond motifs is 1. The van der Waals surface area contributed by atoms with E-state index in [2.05, 4.69) is 14.9 Å². The highest BCUT2D eigenvalue weighted by Gasteiger charge is 2.19. The summed E-state index contributed by atoms with van der Waals surface area (Å²) < 4.78 is 10.8. The van der Waals surface area contributed by atoms with Gasteiger partial charge in [0.2, 0.25) is 12.7 Å². The Bertz CT molecular complexity index is 787. The van der Waals surface area contributed by atoms with Gasteiger partial charge in [0.25, 0.3) is 5.91 Å². The molecule has 0 bridgehead atoms. The molecule has 0 unspecified atom stereocenters. The van der Waals surface area contributed by atoms with Crippen LogP contribution in [-0.4, -0.2) is 35.8 Å². The van der Waals surface area contributed by atoms with Crippen LogP contribution in [0.1, 0.15) is 29.8 Å². The normalized spacial score (nSPS) is 16.2. The lowest BCUT2D eigenvalue weighted by Gasteiger charge is -2.27. The molecule has 1 amide bonds. The van der Waals surface area contributed by atoms with Gasteiger partial charge < -0.3 is 20.1 Å². The Balaban J connectivity index is 1.76. The third-order valence-electron chi connectivity index (χ3n) is 4.27. The number of anilines is 1. The number of amides is 1. The maximum absolute atomic E-state index is 11.7. The van der Waals surface area contributed by atoms with Crippen molar-refractivity contribution in [3.05, 3.63) is 30.0 Å². The molecular weight excluding hydrogens is 308 g/mol. The second-order valence-electron chi connectivity index (χ2n) is 5.92. The van der Waals surface area contributed by atoms with Crippen molar-refractivity contribution in [2.45, 2.75) is 19.3 Å². The molecule has 0 saturated carbocycles. The number of carbonyl (C=O) groups excluding carboxylic acids is 1. The maximum atomic E-state index is 11.7. The Kier molecular flexibility index (Phi) is 3.68. The van der Waals surface area contributed by atoms with Crippen LogP contribution in [-0.2, 0) is 0 Å². The van der Waals surface area contributed by atoms with E-state index in [4.69, 9.17) is 15.2 Å². The van der Waals surface area contributed by atoms with Crippen LogP contribution < -0.4 is 20.1 Å². The van der Waals surface area contributed by atoms with Crippen molar-refractivity contribution in [1.82, 2.24) is 9.97 Å². The van der Waals surface area contributed by atoms with Crippen LogP contribution in [0, 0.1) is 0 Å². The Morgan fingerprint density at radius 3 is 2.62 bits per heavy atom. The van der Waals surface area contributed by atoms with Crippen molar-refractivity contribution in [2.24, 2.45) is 5.73 Å². The Hall–Kier alpha value is -2.83. The summed E-state index contributed by atoms with van der Waals surface area (Å²) in [5.41, 5.74) is 7.16. The lowest BCUT2D eigenvalue weighted by molar-refractivity contribution is 0.0995. The molecule has 124 valence electrons. The van der Waals surface area contributed by atoms with E-state index in [-0.39, 0.29) is 12.5 Å². The minimum Gasteiger partial charge on any atom is -0.454 e. The van der Waals surface area contributed by atoms with Gasteiger partial charge in [-0.25, -0.2) is 9.97 Å². The standard InChI is InChI=1S/C17H18N4O3/c18-16(22)13-9-12(11-4-5-14-15(8-11)24-10-23-14)19-17(20-13)21-6-2-1-3-7-21/h4-5,8-9H,1-3,6-7,10H2,(H2,18,22). The SMILES string of the molecule is NC(=O)c1cc(-c2ccc3c(c2)OCO3)nc(N2CCCCC2)n1. The number of primary amides is 1. The highest BCUT2D eigenvalue weighted by atomic mass is 16.7. The van der Waals surface area contributed by atoms with Gasteiger partial charge in [0.15, 0.2) is 11.5 Å². The molecule has 24 heavy (non-hydrogen) atoms. The van der Waals surface area contributed by atoms with Crippen LogP contribution in [0.2, 0.25) is 0 Å². The van der Waals surface area contributed by atoms with Gasteiger partial charge in [0.05, 0.1) is 5.69 Å². The van der Waals surface area contributed by atoms with E-state index in [1.807, 2.05) is 18.2 Å². The number of benzene rings is 1. The van der Waals surface area contributed by atoms with Crippen molar-refractivity contribution >= 4 is 11.9 Å². The summed E-state index contributed by atoms with van der Waals surface area (Å²) in [6.45, 7) is 2.00. The van der Waals surface area contributed by atoms with Crippen molar-refractivity contribution in [3.63, 3.8) is 0 Å². The lowest BCUT2D eigenvalue weighted by atomic mass is 10.1. The predicted molar refractivity (Wildman–Crippen MR) is 88.2 cm³/mol. The Morgan fingerprint density at radius 2 is 1.83 bits per heavy atom. The quantitative estimate of drug-likeness (QED) is 0.927. The first kappa shape index (κ1) is 14.7. The van der Waals surface area contributed by atoms with E-state index in [1.165, 1.54) is 6.42 Å². The molecule has 2 aliphatic heterocycles. The maximum Gasteiger partial charge on any atom is 0.267 e. The molecule has 4 rings (SSSR count). The fourth-order valence-electron chi connectivity index (χ4n) is 3.00. The highest BCUT2D eigenvalue weighted by Crippen LogP contribution is 2.35. The first-order valence-corrected chi connectivity index (χ1v) is 8.04. The second-order valence-corrected chi connectivity index (χ2v) is 5.92. The molecule has 0 aliphatic carbocycles. The number of carbonyl (C=O) groups is 1. The van der Waals surface area contributed by atoms with Gasteiger partial charge >= 0.3 is 0 Å². The molecule has 1 aromatic heterocycles. The third kappa shape index (κ3) is 2.73. The topological polar surface area (TPSA) is 90.6 Å². The van der Waals surface area contributed by atoms with Gasteiger partial charge in [-0.3, -0.25) is 4.79 Å². The minimum absolute atomic E-state index is 0.216. The average molecular weight is 326 g/mol. The summed E-state index contributed by atoms with van der Waals surface area (Å²) in [7, 11) is 0. The lowest BCUT2D eigenvalue weighted by Crippen LogP contribution is -2.31. The Labute approximate surface area is 139 Å². The highest BCUT2D eigenvalue weighted by molar-refractivity contribution is 5.92. The third-order valence-corrected chi connectivity index (χ3v) is 4.27. The van der Waals surface area contributed by atoms with Crippen molar-refractivity contribution < 1.29 is 14.3 Å². The molecule has 2 N–H and O–H groups in total. The zero-order valence-electron chi connectivity index (χ0n) is 13.2. The van der Waals surface area contributed by atoms with Gasteiger partial charge in [-0.15, -0.1) is 0 Å². The fraction of sp³-hybridized carbons (Fsp3) is 0.353. The number of nitrogens with two attached hydrogens (primary N) is 1. The number of rotatable bonds is 3. The molecule has 7 nitrogen and oxygen atoms in total. The summed E-state index contributed by atoms with van der Waals surface area (Å²) in [6, 6.07) is 7.20. The molecule has 1 aromatic carbocycles. The molecular formula is C17H18N4O3. The minimum atomic E-state index is -0.558. The molecule has 3 heterocycles. The predicted octanol–water partition coefficient (Wildman–Crippen LogP) is 1.96. The molecule has 2 aromatic rings. The van der Waals surface area contributed by atoms with Crippen molar-refractivity contribution in [1.29, 1.82) is 0 Å². The number of piperidine rings is 1. The summed E-state index contributed by atoms with van der Waals surface area (Å²) in [5.74, 6) is 1.38. The van der Waals surface area contributed by atoms with Gasteiger partial charge in [-0.2, -0.15) is 0 Å². The first-order valence-electron chi connectivity index (χ1n) is 8.04. The molecule has 1 saturated heterocycles. The number of hydrogen-bond donors (Lipinski definition) is 1. The van der Waals surface area contributed by atoms with Crippen LogP contribution in [0.4, 0.5) is 5.95 Å². The molecule has 1 fully saturated rings. The number of nitrogens with zero attached hydrogens (tertiary/aromatic N) is 3.